The molecule has 0 aromatic heterocycles. The van der Waals surface area contributed by atoms with E-state index in [-0.39, 0.29) is 0 Å². The first-order chi connectivity index (χ1) is 5.66. The van der Waals surface area contributed by atoms with E-state index in [9.17, 15) is 0 Å². The first kappa shape index (κ1) is 9.05. The van der Waals surface area contributed by atoms with Crippen LogP contribution in [0.25, 0.3) is 0 Å². The number of rotatable bonds is 2. The Hall–Kier alpha value is 0.480. The molecule has 3 aliphatic carbocycles. The van der Waals surface area contributed by atoms with E-state index in [0.717, 1.165) is 17.8 Å². The molecule has 0 aromatic carbocycles. The topological polar surface area (TPSA) is 0 Å². The van der Waals surface area contributed by atoms with Gasteiger partial charge in [0.2, 0.25) is 0 Å². The molecule has 3 saturated carbocycles. The smallest absolute Gasteiger partial charge is 0.00340 e. The largest absolute Gasteiger partial charge is 0.0928 e. The predicted molar refractivity (Wildman–Crippen MR) is 56.5 cm³/mol. The molecule has 0 nitrogen and oxygen atoms in total. The van der Waals surface area contributed by atoms with E-state index < -0.39 is 0 Å². The summed E-state index contributed by atoms with van der Waals surface area (Å²) >= 11 is 3.57. The van der Waals surface area contributed by atoms with Crippen LogP contribution >= 0.6 is 15.9 Å². The first-order valence-electron chi connectivity index (χ1n) is 5.22. The van der Waals surface area contributed by atoms with Crippen molar-refractivity contribution in [1.29, 1.82) is 0 Å². The molecule has 12 heavy (non-hydrogen) atoms. The molecule has 1 heteroatoms. The Kier molecular flexibility index (Phi) is 2.27. The molecule has 3 fully saturated rings. The predicted octanol–water partition coefficient (Wildman–Crippen LogP) is 3.84. The normalized spacial score (nSPS) is 43.8. The van der Waals surface area contributed by atoms with Crippen LogP contribution in [0, 0.1) is 23.2 Å². The average molecular weight is 231 g/mol. The molecule has 3 aliphatic rings. The van der Waals surface area contributed by atoms with Gasteiger partial charge in [-0.1, -0.05) is 29.8 Å². The molecular formula is C11H19Br. The third-order valence-corrected chi connectivity index (χ3v) is 4.94. The lowest BCUT2D eigenvalue weighted by atomic mass is 9.45. The van der Waals surface area contributed by atoms with Gasteiger partial charge in [-0.3, -0.25) is 0 Å². The molecule has 3 unspecified atom stereocenters. The van der Waals surface area contributed by atoms with Crippen LogP contribution < -0.4 is 0 Å². The fourth-order valence-corrected chi connectivity index (χ4v) is 4.04. The van der Waals surface area contributed by atoms with E-state index in [1.54, 1.807) is 0 Å². The van der Waals surface area contributed by atoms with Crippen LogP contribution in [0.2, 0.25) is 0 Å². The van der Waals surface area contributed by atoms with Gasteiger partial charge in [0.05, 0.1) is 0 Å². The summed E-state index contributed by atoms with van der Waals surface area (Å²) in [5.74, 6) is 3.15. The van der Waals surface area contributed by atoms with Crippen molar-refractivity contribution in [2.45, 2.75) is 39.5 Å². The minimum Gasteiger partial charge on any atom is -0.0928 e. The lowest BCUT2D eigenvalue weighted by molar-refractivity contribution is -0.105. The SMILES string of the molecule is CC1(C)C2CCC(CCBr)C1C2. The van der Waals surface area contributed by atoms with E-state index in [2.05, 4.69) is 29.8 Å². The second-order valence-corrected chi connectivity index (χ2v) is 5.97. The lowest BCUT2D eigenvalue weighted by Gasteiger charge is -2.60. The summed E-state index contributed by atoms with van der Waals surface area (Å²) in [6.45, 7) is 4.96. The molecule has 0 radical (unpaired) electrons. The average Bonchev–Trinajstić information content (AvgIpc) is 2.05. The minimum atomic E-state index is 0.686. The number of hydrogen-bond donors (Lipinski definition) is 0. The van der Waals surface area contributed by atoms with Crippen LogP contribution in [0.4, 0.5) is 0 Å². The number of hydrogen-bond acceptors (Lipinski definition) is 0. The Morgan fingerprint density at radius 2 is 2.08 bits per heavy atom. The van der Waals surface area contributed by atoms with Gasteiger partial charge in [0.15, 0.2) is 0 Å². The number of fused-ring (bicyclic) bond motifs is 2. The summed E-state index contributed by atoms with van der Waals surface area (Å²) in [7, 11) is 0. The van der Waals surface area contributed by atoms with Crippen molar-refractivity contribution in [2.24, 2.45) is 23.2 Å². The molecule has 3 rings (SSSR count). The van der Waals surface area contributed by atoms with E-state index in [4.69, 9.17) is 0 Å². The van der Waals surface area contributed by atoms with Crippen molar-refractivity contribution in [3.05, 3.63) is 0 Å². The summed E-state index contributed by atoms with van der Waals surface area (Å²) in [4.78, 5) is 0. The summed E-state index contributed by atoms with van der Waals surface area (Å²) in [6, 6.07) is 0. The molecule has 0 spiro atoms. The molecule has 0 aliphatic heterocycles. The number of alkyl halides is 1. The minimum absolute atomic E-state index is 0.686. The van der Waals surface area contributed by atoms with Crippen LogP contribution in [0.15, 0.2) is 0 Å². The van der Waals surface area contributed by atoms with Crippen molar-refractivity contribution in [2.75, 3.05) is 5.33 Å². The van der Waals surface area contributed by atoms with Crippen molar-refractivity contribution >= 4 is 15.9 Å². The standard InChI is InChI=1S/C11H19Br/c1-11(2)9-4-3-8(5-6-12)10(11)7-9/h8-10H,3-7H2,1-2H3. The van der Waals surface area contributed by atoms with E-state index in [1.165, 1.54) is 31.0 Å². The maximum absolute atomic E-state index is 3.57. The molecule has 0 amide bonds. The Labute approximate surface area is 84.2 Å². The highest BCUT2D eigenvalue weighted by molar-refractivity contribution is 9.09. The molecule has 70 valence electrons. The van der Waals surface area contributed by atoms with Gasteiger partial charge in [-0.15, -0.1) is 0 Å². The maximum atomic E-state index is 3.57. The molecule has 0 N–H and O–H groups in total. The molecule has 0 heterocycles. The third kappa shape index (κ3) is 1.16. The van der Waals surface area contributed by atoms with Crippen molar-refractivity contribution in [1.82, 2.24) is 0 Å². The monoisotopic (exact) mass is 230 g/mol. The van der Waals surface area contributed by atoms with Gasteiger partial charge < -0.3 is 0 Å². The molecule has 0 aromatic rings. The second kappa shape index (κ2) is 3.01. The van der Waals surface area contributed by atoms with Gasteiger partial charge in [-0.2, -0.15) is 0 Å². The fourth-order valence-electron chi connectivity index (χ4n) is 3.45. The van der Waals surface area contributed by atoms with Gasteiger partial charge in [-0.05, 0) is 48.9 Å². The second-order valence-electron chi connectivity index (χ2n) is 5.18. The maximum Gasteiger partial charge on any atom is 0.00340 e. The Balaban J connectivity index is 2.01. The van der Waals surface area contributed by atoms with Gasteiger partial charge in [0.1, 0.15) is 0 Å². The van der Waals surface area contributed by atoms with Crippen LogP contribution in [0.1, 0.15) is 39.5 Å². The van der Waals surface area contributed by atoms with Crippen LogP contribution in [0.3, 0.4) is 0 Å². The van der Waals surface area contributed by atoms with Crippen molar-refractivity contribution in [3.63, 3.8) is 0 Å². The summed E-state index contributed by atoms with van der Waals surface area (Å²) in [5, 5.41) is 1.20. The Bertz CT molecular complexity index is 170. The molecule has 0 saturated heterocycles. The van der Waals surface area contributed by atoms with Gasteiger partial charge in [-0.25, -0.2) is 0 Å². The van der Waals surface area contributed by atoms with Crippen LogP contribution in [-0.2, 0) is 0 Å². The van der Waals surface area contributed by atoms with Crippen molar-refractivity contribution in [3.8, 4) is 0 Å². The highest BCUT2D eigenvalue weighted by atomic mass is 79.9. The van der Waals surface area contributed by atoms with Crippen LogP contribution in [0.5, 0.6) is 0 Å². The zero-order valence-corrected chi connectivity index (χ0v) is 9.73. The van der Waals surface area contributed by atoms with Gasteiger partial charge in [0, 0.05) is 5.33 Å². The Morgan fingerprint density at radius 1 is 1.33 bits per heavy atom. The number of halogens is 1. The van der Waals surface area contributed by atoms with Gasteiger partial charge in [0.25, 0.3) is 0 Å². The summed E-state index contributed by atoms with van der Waals surface area (Å²) in [5.41, 5.74) is 0.686. The van der Waals surface area contributed by atoms with Crippen LogP contribution in [-0.4, -0.2) is 5.33 Å². The van der Waals surface area contributed by atoms with Gasteiger partial charge >= 0.3 is 0 Å². The zero-order chi connectivity index (χ0) is 8.77. The third-order valence-electron chi connectivity index (χ3n) is 4.48. The lowest BCUT2D eigenvalue weighted by Crippen LogP contribution is -2.52. The van der Waals surface area contributed by atoms with Crippen molar-refractivity contribution < 1.29 is 0 Å². The zero-order valence-electron chi connectivity index (χ0n) is 8.15. The molecule has 3 atom stereocenters. The highest BCUT2D eigenvalue weighted by Crippen LogP contribution is 2.61. The van der Waals surface area contributed by atoms with E-state index in [1.807, 2.05) is 0 Å². The summed E-state index contributed by atoms with van der Waals surface area (Å²) < 4.78 is 0. The summed E-state index contributed by atoms with van der Waals surface area (Å²) in [6.07, 6.45) is 5.94. The molecular weight excluding hydrogens is 212 g/mol. The Morgan fingerprint density at radius 3 is 2.58 bits per heavy atom. The molecule has 2 bridgehead atoms. The first-order valence-corrected chi connectivity index (χ1v) is 6.34. The van der Waals surface area contributed by atoms with E-state index in [0.29, 0.717) is 5.41 Å². The quantitative estimate of drug-likeness (QED) is 0.633. The van der Waals surface area contributed by atoms with E-state index >= 15 is 0 Å². The highest BCUT2D eigenvalue weighted by Gasteiger charge is 2.53. The fraction of sp³-hybridized carbons (Fsp3) is 1.00.